The van der Waals surface area contributed by atoms with Gasteiger partial charge < -0.3 is 20.3 Å². The fourth-order valence-corrected chi connectivity index (χ4v) is 6.22. The number of amides is 2. The van der Waals surface area contributed by atoms with E-state index in [0.717, 1.165) is 29.7 Å². The Kier molecular flexibility index (Phi) is 6.62. The average molecular weight is 509 g/mol. The fraction of sp³-hybridized carbons (Fsp3) is 0.630. The molecule has 198 valence electrons. The number of carbonyl (C=O) groups is 3. The molecule has 3 unspecified atom stereocenters. The van der Waals surface area contributed by atoms with Gasteiger partial charge in [0.05, 0.1) is 23.9 Å². The quantitative estimate of drug-likeness (QED) is 0.566. The van der Waals surface area contributed by atoms with Crippen LogP contribution in [0.3, 0.4) is 0 Å². The molecule has 0 saturated carbocycles. The maximum atomic E-state index is 13.1. The summed E-state index contributed by atoms with van der Waals surface area (Å²) in [5, 5.41) is 18.5. The minimum absolute atomic E-state index is 0.0154. The second-order valence-corrected chi connectivity index (χ2v) is 11.6. The largest absolute Gasteiger partial charge is 0.444 e. The van der Waals surface area contributed by atoms with Crippen molar-refractivity contribution in [1.29, 1.82) is 5.26 Å². The molecule has 1 aromatic carbocycles. The first-order valence-electron chi connectivity index (χ1n) is 13.2. The number of nitrogens with zero attached hydrogens (tertiary/aromatic N) is 3. The molecule has 0 bridgehead atoms. The number of piperidine rings is 2. The van der Waals surface area contributed by atoms with E-state index in [4.69, 9.17) is 4.74 Å². The number of hydrogen-bond donors (Lipinski definition) is 3. The van der Waals surface area contributed by atoms with Crippen molar-refractivity contribution in [2.75, 3.05) is 25.0 Å². The number of rotatable bonds is 4. The number of hydrazine groups is 1. The summed E-state index contributed by atoms with van der Waals surface area (Å²) < 4.78 is 5.56. The van der Waals surface area contributed by atoms with Crippen molar-refractivity contribution in [2.24, 2.45) is 5.92 Å². The van der Waals surface area contributed by atoms with Crippen LogP contribution in [-0.4, -0.2) is 70.7 Å². The lowest BCUT2D eigenvalue weighted by Crippen LogP contribution is -2.62. The topological polar surface area (TPSA) is 127 Å². The van der Waals surface area contributed by atoms with Crippen molar-refractivity contribution in [2.45, 2.75) is 82.6 Å². The monoisotopic (exact) mass is 508 g/mol. The Morgan fingerprint density at radius 3 is 2.70 bits per heavy atom. The second kappa shape index (κ2) is 9.62. The third-order valence-electron chi connectivity index (χ3n) is 8.04. The van der Waals surface area contributed by atoms with E-state index >= 15 is 0 Å². The van der Waals surface area contributed by atoms with Crippen molar-refractivity contribution in [3.8, 4) is 6.07 Å². The first kappa shape index (κ1) is 25.5. The second-order valence-electron chi connectivity index (χ2n) is 11.6. The molecular formula is C27H36N6O4. The van der Waals surface area contributed by atoms with Gasteiger partial charge in [-0.25, -0.2) is 15.2 Å². The third-order valence-corrected chi connectivity index (χ3v) is 8.04. The normalized spacial score (nSPS) is 27.2. The molecule has 37 heavy (non-hydrogen) atoms. The minimum Gasteiger partial charge on any atom is -0.444 e. The van der Waals surface area contributed by atoms with Gasteiger partial charge in [-0.1, -0.05) is 0 Å². The zero-order valence-corrected chi connectivity index (χ0v) is 21.8. The summed E-state index contributed by atoms with van der Waals surface area (Å²) in [5.41, 5.74) is 5.18. The van der Waals surface area contributed by atoms with Crippen LogP contribution in [0.25, 0.3) is 0 Å². The highest BCUT2D eigenvalue weighted by Gasteiger charge is 2.55. The maximum absolute atomic E-state index is 13.1. The van der Waals surface area contributed by atoms with E-state index in [1.165, 1.54) is 0 Å². The standard InChI is InChI=1S/C27H36N6O4/c1-26(2,3)37-25(36)32-14-10-27(9-12-28,11-15-32)33-20-8-13-29-24(35)22(20)23(31-33)30-18-5-6-19-17(16-18)4-7-21(19)34/h5-6,16,20,22-23,30-31H,4,7-11,13-15H2,1-3H3,(H,29,35). The summed E-state index contributed by atoms with van der Waals surface area (Å²) in [6.45, 7) is 7.10. The highest BCUT2D eigenvalue weighted by molar-refractivity contribution is 6.00. The van der Waals surface area contributed by atoms with Crippen LogP contribution in [0.1, 0.15) is 68.8 Å². The van der Waals surface area contributed by atoms with Gasteiger partial charge in [-0.2, -0.15) is 5.26 Å². The lowest BCUT2D eigenvalue weighted by atomic mass is 9.81. The molecule has 3 saturated heterocycles. The zero-order valence-electron chi connectivity index (χ0n) is 21.8. The molecule has 10 heteroatoms. The first-order chi connectivity index (χ1) is 17.6. The lowest BCUT2D eigenvalue weighted by Gasteiger charge is -2.48. The first-order valence-corrected chi connectivity index (χ1v) is 13.2. The molecule has 3 heterocycles. The molecule has 0 aromatic heterocycles. The fourth-order valence-electron chi connectivity index (χ4n) is 6.22. The number of nitrogens with one attached hydrogen (secondary N) is 3. The Balaban J connectivity index is 1.36. The van der Waals surface area contributed by atoms with E-state index in [1.54, 1.807) is 4.90 Å². The van der Waals surface area contributed by atoms with Gasteiger partial charge in [0.15, 0.2) is 5.78 Å². The number of Topliss-reactive ketones (excluding diaryl/α,β-unsaturated/α-hetero) is 1. The zero-order chi connectivity index (χ0) is 26.4. The van der Waals surface area contributed by atoms with Crippen LogP contribution in [0.15, 0.2) is 18.2 Å². The van der Waals surface area contributed by atoms with Gasteiger partial charge in [0.25, 0.3) is 0 Å². The molecule has 3 atom stereocenters. The molecule has 1 aliphatic carbocycles. The Morgan fingerprint density at radius 1 is 1.24 bits per heavy atom. The van der Waals surface area contributed by atoms with E-state index in [-0.39, 0.29) is 35.9 Å². The molecule has 5 rings (SSSR count). The molecule has 3 N–H and O–H groups in total. The summed E-state index contributed by atoms with van der Waals surface area (Å²) in [7, 11) is 0. The Hall–Kier alpha value is -3.16. The number of benzene rings is 1. The van der Waals surface area contributed by atoms with Gasteiger partial charge in [0.2, 0.25) is 5.91 Å². The summed E-state index contributed by atoms with van der Waals surface area (Å²) in [6, 6.07) is 8.05. The van der Waals surface area contributed by atoms with Crippen LogP contribution in [0.5, 0.6) is 0 Å². The average Bonchev–Trinajstić information content (AvgIpc) is 3.40. The molecule has 0 spiro atoms. The lowest BCUT2D eigenvalue weighted by molar-refractivity contribution is -0.128. The summed E-state index contributed by atoms with van der Waals surface area (Å²) in [5.74, 6) is -0.184. The van der Waals surface area contributed by atoms with Crippen LogP contribution >= 0.6 is 0 Å². The molecule has 2 amide bonds. The molecule has 3 aliphatic heterocycles. The van der Waals surface area contributed by atoms with E-state index in [1.807, 2.05) is 39.0 Å². The van der Waals surface area contributed by atoms with Gasteiger partial charge in [-0.15, -0.1) is 0 Å². The van der Waals surface area contributed by atoms with Crippen LogP contribution in [0, 0.1) is 17.2 Å². The molecule has 0 radical (unpaired) electrons. The Labute approximate surface area is 217 Å². The van der Waals surface area contributed by atoms with Crippen molar-refractivity contribution < 1.29 is 19.1 Å². The van der Waals surface area contributed by atoms with E-state index in [0.29, 0.717) is 45.3 Å². The van der Waals surface area contributed by atoms with Gasteiger partial charge >= 0.3 is 6.09 Å². The number of likely N-dealkylation sites (tertiary alicyclic amines) is 1. The minimum atomic E-state index is -0.568. The molecular weight excluding hydrogens is 472 g/mol. The summed E-state index contributed by atoms with van der Waals surface area (Å²) >= 11 is 0. The number of ketones is 1. The smallest absolute Gasteiger partial charge is 0.410 e. The van der Waals surface area contributed by atoms with Crippen molar-refractivity contribution in [3.63, 3.8) is 0 Å². The van der Waals surface area contributed by atoms with Crippen LogP contribution in [0.4, 0.5) is 10.5 Å². The van der Waals surface area contributed by atoms with Crippen molar-refractivity contribution >= 4 is 23.5 Å². The van der Waals surface area contributed by atoms with E-state index < -0.39 is 11.1 Å². The van der Waals surface area contributed by atoms with Crippen LogP contribution < -0.4 is 16.1 Å². The molecule has 10 nitrogen and oxygen atoms in total. The number of ether oxygens (including phenoxy) is 1. The predicted molar refractivity (Wildman–Crippen MR) is 136 cm³/mol. The SMILES string of the molecule is CC(C)(C)OC(=O)N1CCC(CC#N)(N2NC(Nc3ccc4c(c3)CCC4=O)C3C(=O)NCCC32)CC1. The number of fused-ring (bicyclic) bond motifs is 2. The van der Waals surface area contributed by atoms with Gasteiger partial charge in [-0.3, -0.25) is 9.59 Å². The summed E-state index contributed by atoms with van der Waals surface area (Å²) in [4.78, 5) is 39.5. The van der Waals surface area contributed by atoms with Crippen LogP contribution in [-0.2, 0) is 16.0 Å². The van der Waals surface area contributed by atoms with Gasteiger partial charge in [0.1, 0.15) is 11.8 Å². The van der Waals surface area contributed by atoms with E-state index in [2.05, 4.69) is 27.1 Å². The van der Waals surface area contributed by atoms with E-state index in [9.17, 15) is 19.6 Å². The van der Waals surface area contributed by atoms with Gasteiger partial charge in [-0.05, 0) is 70.2 Å². The Morgan fingerprint density at radius 2 is 2.00 bits per heavy atom. The summed E-state index contributed by atoms with van der Waals surface area (Å²) in [6.07, 6.45) is 2.84. The number of anilines is 1. The highest BCUT2D eigenvalue weighted by atomic mass is 16.6. The third kappa shape index (κ3) is 4.90. The Bertz CT molecular complexity index is 1130. The number of carbonyl (C=O) groups excluding carboxylic acids is 3. The number of hydrogen-bond acceptors (Lipinski definition) is 8. The number of aryl methyl sites for hydroxylation is 1. The number of nitriles is 1. The predicted octanol–water partition coefficient (Wildman–Crippen LogP) is 2.56. The van der Waals surface area contributed by atoms with Crippen molar-refractivity contribution in [1.82, 2.24) is 20.7 Å². The molecule has 4 aliphatic rings. The maximum Gasteiger partial charge on any atom is 0.410 e. The van der Waals surface area contributed by atoms with Crippen molar-refractivity contribution in [3.05, 3.63) is 29.3 Å². The molecule has 3 fully saturated rings. The highest BCUT2D eigenvalue weighted by Crippen LogP contribution is 2.40. The van der Waals surface area contributed by atoms with Crippen LogP contribution in [0.2, 0.25) is 0 Å². The molecule has 1 aromatic rings. The van der Waals surface area contributed by atoms with Gasteiger partial charge in [0, 0.05) is 43.3 Å².